The average molecular weight is 366 g/mol. The minimum Gasteiger partial charge on any atom is -0.379 e. The molecular weight excluding hydrogens is 340 g/mol. The second-order valence-electron chi connectivity index (χ2n) is 7.08. The van der Waals surface area contributed by atoms with E-state index in [-0.39, 0.29) is 5.91 Å². The van der Waals surface area contributed by atoms with E-state index < -0.39 is 0 Å². The SMILES string of the molecule is O=C(NCCN1CCOCC1)c1cncc(N2CCc3ccccc3C2)c1. The summed E-state index contributed by atoms with van der Waals surface area (Å²) < 4.78 is 5.35. The topological polar surface area (TPSA) is 57.7 Å². The summed E-state index contributed by atoms with van der Waals surface area (Å²) in [5, 5.41) is 3.01. The van der Waals surface area contributed by atoms with E-state index in [2.05, 4.69) is 44.4 Å². The number of anilines is 1. The van der Waals surface area contributed by atoms with Crippen LogP contribution in [0, 0.1) is 0 Å². The van der Waals surface area contributed by atoms with Crippen LogP contribution in [-0.4, -0.2) is 61.7 Å². The maximum absolute atomic E-state index is 12.5. The smallest absolute Gasteiger partial charge is 0.252 e. The largest absolute Gasteiger partial charge is 0.379 e. The number of rotatable bonds is 5. The molecule has 1 saturated heterocycles. The van der Waals surface area contributed by atoms with Crippen LogP contribution in [0.1, 0.15) is 21.5 Å². The first kappa shape index (κ1) is 17.9. The van der Waals surface area contributed by atoms with Crippen molar-refractivity contribution in [1.82, 2.24) is 15.2 Å². The molecule has 6 nitrogen and oxygen atoms in total. The number of pyridine rings is 1. The fourth-order valence-electron chi connectivity index (χ4n) is 3.70. The molecule has 2 aromatic rings. The van der Waals surface area contributed by atoms with Gasteiger partial charge in [-0.15, -0.1) is 0 Å². The molecule has 0 aliphatic carbocycles. The third-order valence-electron chi connectivity index (χ3n) is 5.30. The minimum absolute atomic E-state index is 0.0602. The van der Waals surface area contributed by atoms with Crippen LogP contribution in [0.3, 0.4) is 0 Å². The summed E-state index contributed by atoms with van der Waals surface area (Å²) in [6, 6.07) is 10.5. The third kappa shape index (κ3) is 4.46. The molecule has 1 N–H and O–H groups in total. The van der Waals surface area contributed by atoms with Crippen molar-refractivity contribution >= 4 is 11.6 Å². The van der Waals surface area contributed by atoms with E-state index in [1.807, 2.05) is 12.3 Å². The molecule has 0 bridgehead atoms. The molecule has 1 aromatic carbocycles. The average Bonchev–Trinajstić information content (AvgIpc) is 2.74. The Labute approximate surface area is 160 Å². The van der Waals surface area contributed by atoms with Gasteiger partial charge in [0.05, 0.1) is 30.7 Å². The number of fused-ring (bicyclic) bond motifs is 1. The number of hydrogen-bond acceptors (Lipinski definition) is 5. The molecule has 1 fully saturated rings. The van der Waals surface area contributed by atoms with Gasteiger partial charge < -0.3 is 15.0 Å². The summed E-state index contributed by atoms with van der Waals surface area (Å²) in [5.74, 6) is -0.0602. The predicted octanol–water partition coefficient (Wildman–Crippen LogP) is 1.71. The lowest BCUT2D eigenvalue weighted by Gasteiger charge is -2.30. The van der Waals surface area contributed by atoms with Gasteiger partial charge in [0.2, 0.25) is 0 Å². The standard InChI is InChI=1S/C21H26N4O2/c26-21(23-6-8-24-9-11-27-12-10-24)19-13-20(15-22-14-19)25-7-5-17-3-1-2-4-18(17)16-25/h1-4,13-15H,5-12,16H2,(H,23,26). The molecule has 0 atom stereocenters. The van der Waals surface area contributed by atoms with E-state index in [0.717, 1.165) is 58.0 Å². The first-order valence-corrected chi connectivity index (χ1v) is 9.65. The highest BCUT2D eigenvalue weighted by atomic mass is 16.5. The zero-order valence-corrected chi connectivity index (χ0v) is 15.6. The van der Waals surface area contributed by atoms with E-state index in [0.29, 0.717) is 12.1 Å². The molecule has 0 saturated carbocycles. The number of nitrogens with one attached hydrogen (secondary N) is 1. The van der Waals surface area contributed by atoms with Crippen molar-refractivity contribution in [1.29, 1.82) is 0 Å². The molecule has 27 heavy (non-hydrogen) atoms. The number of hydrogen-bond donors (Lipinski definition) is 1. The third-order valence-corrected chi connectivity index (χ3v) is 5.30. The number of carbonyl (C=O) groups is 1. The van der Waals surface area contributed by atoms with Crippen LogP contribution in [0.2, 0.25) is 0 Å². The monoisotopic (exact) mass is 366 g/mol. The zero-order chi connectivity index (χ0) is 18.5. The Morgan fingerprint density at radius 2 is 1.93 bits per heavy atom. The van der Waals surface area contributed by atoms with Crippen LogP contribution in [0.15, 0.2) is 42.7 Å². The van der Waals surface area contributed by atoms with Gasteiger partial charge in [0.15, 0.2) is 0 Å². The van der Waals surface area contributed by atoms with E-state index >= 15 is 0 Å². The van der Waals surface area contributed by atoms with Gasteiger partial charge in [0.25, 0.3) is 5.91 Å². The quantitative estimate of drug-likeness (QED) is 0.873. The minimum atomic E-state index is -0.0602. The normalized spacial score (nSPS) is 17.4. The van der Waals surface area contributed by atoms with Crippen LogP contribution >= 0.6 is 0 Å². The zero-order valence-electron chi connectivity index (χ0n) is 15.6. The molecule has 1 amide bonds. The first-order chi connectivity index (χ1) is 13.3. The molecule has 2 aliphatic heterocycles. The van der Waals surface area contributed by atoms with Crippen LogP contribution in [0.4, 0.5) is 5.69 Å². The molecule has 1 aromatic heterocycles. The van der Waals surface area contributed by atoms with Crippen LogP contribution < -0.4 is 10.2 Å². The van der Waals surface area contributed by atoms with Crippen LogP contribution in [-0.2, 0) is 17.7 Å². The van der Waals surface area contributed by atoms with Crippen molar-refractivity contribution in [3.63, 3.8) is 0 Å². The Morgan fingerprint density at radius 1 is 1.11 bits per heavy atom. The molecular formula is C21H26N4O2. The van der Waals surface area contributed by atoms with Gasteiger partial charge in [-0.1, -0.05) is 24.3 Å². The van der Waals surface area contributed by atoms with E-state index in [4.69, 9.17) is 4.74 Å². The van der Waals surface area contributed by atoms with E-state index in [1.54, 1.807) is 6.20 Å². The summed E-state index contributed by atoms with van der Waals surface area (Å²) in [4.78, 5) is 21.4. The lowest BCUT2D eigenvalue weighted by Crippen LogP contribution is -2.41. The van der Waals surface area contributed by atoms with E-state index in [9.17, 15) is 4.79 Å². The lowest BCUT2D eigenvalue weighted by molar-refractivity contribution is 0.0383. The Hall–Kier alpha value is -2.44. The van der Waals surface area contributed by atoms with Gasteiger partial charge in [-0.25, -0.2) is 0 Å². The van der Waals surface area contributed by atoms with Gasteiger partial charge in [-0.2, -0.15) is 0 Å². The van der Waals surface area contributed by atoms with Gasteiger partial charge in [-0.3, -0.25) is 14.7 Å². The van der Waals surface area contributed by atoms with Gasteiger partial charge in [0, 0.05) is 45.5 Å². The molecule has 6 heteroatoms. The van der Waals surface area contributed by atoms with Crippen molar-refractivity contribution in [3.05, 3.63) is 59.4 Å². The van der Waals surface area contributed by atoms with Crippen molar-refractivity contribution < 1.29 is 9.53 Å². The number of carbonyl (C=O) groups excluding carboxylic acids is 1. The highest BCUT2D eigenvalue weighted by molar-refractivity contribution is 5.94. The van der Waals surface area contributed by atoms with Crippen molar-refractivity contribution in [2.45, 2.75) is 13.0 Å². The van der Waals surface area contributed by atoms with Gasteiger partial charge in [0.1, 0.15) is 0 Å². The fraction of sp³-hybridized carbons (Fsp3) is 0.429. The highest BCUT2D eigenvalue weighted by Crippen LogP contribution is 2.24. The Balaban J connectivity index is 1.35. The number of nitrogens with zero attached hydrogens (tertiary/aromatic N) is 3. The Kier molecular flexibility index (Phi) is 5.65. The molecule has 3 heterocycles. The predicted molar refractivity (Wildman–Crippen MR) is 105 cm³/mol. The van der Waals surface area contributed by atoms with E-state index in [1.165, 1.54) is 11.1 Å². The van der Waals surface area contributed by atoms with Crippen molar-refractivity contribution in [3.8, 4) is 0 Å². The molecule has 0 spiro atoms. The molecule has 0 unspecified atom stereocenters. The summed E-state index contributed by atoms with van der Waals surface area (Å²) in [7, 11) is 0. The first-order valence-electron chi connectivity index (χ1n) is 9.65. The number of morpholine rings is 1. The number of amides is 1. The van der Waals surface area contributed by atoms with Crippen molar-refractivity contribution in [2.75, 3.05) is 50.8 Å². The summed E-state index contributed by atoms with van der Waals surface area (Å²) in [5.41, 5.74) is 4.39. The van der Waals surface area contributed by atoms with Crippen LogP contribution in [0.25, 0.3) is 0 Å². The molecule has 0 radical (unpaired) electrons. The van der Waals surface area contributed by atoms with Crippen LogP contribution in [0.5, 0.6) is 0 Å². The second-order valence-corrected chi connectivity index (χ2v) is 7.08. The molecule has 4 rings (SSSR count). The second kappa shape index (κ2) is 8.50. The number of aromatic nitrogens is 1. The van der Waals surface area contributed by atoms with Crippen molar-refractivity contribution in [2.24, 2.45) is 0 Å². The lowest BCUT2D eigenvalue weighted by atomic mass is 9.99. The number of benzene rings is 1. The highest BCUT2D eigenvalue weighted by Gasteiger charge is 2.18. The molecule has 142 valence electrons. The summed E-state index contributed by atoms with van der Waals surface area (Å²) in [6.45, 7) is 6.72. The molecule has 2 aliphatic rings. The fourth-order valence-corrected chi connectivity index (χ4v) is 3.70. The summed E-state index contributed by atoms with van der Waals surface area (Å²) in [6.07, 6.45) is 4.51. The Bertz CT molecular complexity index is 789. The summed E-state index contributed by atoms with van der Waals surface area (Å²) >= 11 is 0. The maximum Gasteiger partial charge on any atom is 0.252 e. The van der Waals surface area contributed by atoms with Gasteiger partial charge in [-0.05, 0) is 23.6 Å². The van der Waals surface area contributed by atoms with Gasteiger partial charge >= 0.3 is 0 Å². The Morgan fingerprint density at radius 3 is 2.78 bits per heavy atom. The number of ether oxygens (including phenoxy) is 1. The maximum atomic E-state index is 12.5.